The molecule has 0 amide bonds. The lowest BCUT2D eigenvalue weighted by atomic mass is 9.95. The van der Waals surface area contributed by atoms with Crippen molar-refractivity contribution in [2.45, 2.75) is 12.8 Å². The zero-order chi connectivity index (χ0) is 23.0. The van der Waals surface area contributed by atoms with Crippen LogP contribution in [0.2, 0.25) is 0 Å². The molecule has 0 saturated carbocycles. The number of pyridine rings is 1. The highest BCUT2D eigenvalue weighted by atomic mass is 16.4. The van der Waals surface area contributed by atoms with Crippen LogP contribution in [0.1, 0.15) is 12.8 Å². The van der Waals surface area contributed by atoms with Crippen LogP contribution in [0.3, 0.4) is 0 Å². The topological polar surface area (TPSA) is 74.9 Å². The van der Waals surface area contributed by atoms with E-state index in [4.69, 9.17) is 4.98 Å². The number of hydrogen-bond acceptors (Lipinski definition) is 4. The van der Waals surface area contributed by atoms with Crippen molar-refractivity contribution in [1.82, 2.24) is 9.38 Å². The Bertz CT molecular complexity index is 1830. The third-order valence-electron chi connectivity index (χ3n) is 7.42. The second kappa shape index (κ2) is 6.90. The number of anilines is 1. The minimum absolute atomic E-state index is 0.0689. The quantitative estimate of drug-likeness (QED) is 0.297. The SMILES string of the molecule is O=C(O)C1CCN(c2ccc3c(=O)n4c5cccc6cccc(nc4c4cccc2c34)c65)CC1. The maximum atomic E-state index is 13.9. The number of carboxylic acid groups (broad SMARTS) is 1. The van der Waals surface area contributed by atoms with Crippen LogP contribution in [0, 0.1) is 5.92 Å². The van der Waals surface area contributed by atoms with E-state index in [1.54, 1.807) is 4.40 Å². The van der Waals surface area contributed by atoms with Crippen molar-refractivity contribution in [3.05, 3.63) is 77.1 Å². The number of aromatic nitrogens is 2. The summed E-state index contributed by atoms with van der Waals surface area (Å²) in [7, 11) is 0. The number of piperidine rings is 1. The van der Waals surface area contributed by atoms with Crippen molar-refractivity contribution in [2.75, 3.05) is 18.0 Å². The van der Waals surface area contributed by atoms with Crippen LogP contribution in [-0.4, -0.2) is 33.6 Å². The van der Waals surface area contributed by atoms with Crippen LogP contribution in [0.4, 0.5) is 5.69 Å². The molecule has 0 unspecified atom stereocenters. The first-order valence-electron chi connectivity index (χ1n) is 11.6. The van der Waals surface area contributed by atoms with Crippen molar-refractivity contribution >= 4 is 60.7 Å². The van der Waals surface area contributed by atoms with E-state index in [1.807, 2.05) is 60.7 Å². The number of fused-ring (bicyclic) bond motifs is 3. The fourth-order valence-corrected chi connectivity index (χ4v) is 5.77. The Morgan fingerprint density at radius 2 is 1.59 bits per heavy atom. The first-order chi connectivity index (χ1) is 16.6. The summed E-state index contributed by atoms with van der Waals surface area (Å²) in [5.41, 5.74) is 3.38. The molecule has 6 aromatic rings. The number of hydrogen-bond donors (Lipinski definition) is 1. The van der Waals surface area contributed by atoms with Gasteiger partial charge in [-0.3, -0.25) is 14.0 Å². The monoisotopic (exact) mass is 447 g/mol. The van der Waals surface area contributed by atoms with Gasteiger partial charge in [0, 0.05) is 45.7 Å². The maximum Gasteiger partial charge on any atom is 0.306 e. The molecule has 166 valence electrons. The molecule has 1 N–H and O–H groups in total. The van der Waals surface area contributed by atoms with Gasteiger partial charge in [0.1, 0.15) is 5.65 Å². The van der Waals surface area contributed by atoms with Gasteiger partial charge in [-0.15, -0.1) is 0 Å². The molecule has 34 heavy (non-hydrogen) atoms. The Hall–Kier alpha value is -4.19. The van der Waals surface area contributed by atoms with E-state index < -0.39 is 5.97 Å². The van der Waals surface area contributed by atoms with Gasteiger partial charge in [0.25, 0.3) is 5.56 Å². The van der Waals surface area contributed by atoms with Crippen molar-refractivity contribution in [1.29, 1.82) is 0 Å². The largest absolute Gasteiger partial charge is 0.481 e. The van der Waals surface area contributed by atoms with Gasteiger partial charge in [-0.2, -0.15) is 0 Å². The van der Waals surface area contributed by atoms with Gasteiger partial charge in [-0.05, 0) is 42.5 Å². The maximum absolute atomic E-state index is 13.9. The van der Waals surface area contributed by atoms with Gasteiger partial charge in [0.2, 0.25) is 0 Å². The number of nitrogens with zero attached hydrogens (tertiary/aromatic N) is 3. The van der Waals surface area contributed by atoms with Crippen LogP contribution in [-0.2, 0) is 4.79 Å². The number of carbonyl (C=O) groups is 1. The summed E-state index contributed by atoms with van der Waals surface area (Å²) in [6, 6.07) is 22.1. The third-order valence-corrected chi connectivity index (χ3v) is 7.42. The molecule has 0 atom stereocenters. The van der Waals surface area contributed by atoms with E-state index in [2.05, 4.69) is 11.0 Å². The van der Waals surface area contributed by atoms with Crippen molar-refractivity contribution in [2.24, 2.45) is 5.92 Å². The lowest BCUT2D eigenvalue weighted by Crippen LogP contribution is -2.36. The summed E-state index contributed by atoms with van der Waals surface area (Å²) >= 11 is 0. The number of rotatable bonds is 2. The van der Waals surface area contributed by atoms with E-state index in [9.17, 15) is 14.7 Å². The molecule has 0 bridgehead atoms. The highest BCUT2D eigenvalue weighted by Gasteiger charge is 2.26. The van der Waals surface area contributed by atoms with E-state index in [1.165, 1.54) is 0 Å². The molecule has 3 heterocycles. The molecule has 6 heteroatoms. The van der Waals surface area contributed by atoms with E-state index in [0.717, 1.165) is 43.7 Å². The highest BCUT2D eigenvalue weighted by Crippen LogP contribution is 2.37. The van der Waals surface area contributed by atoms with Crippen LogP contribution in [0.15, 0.2) is 71.5 Å². The van der Waals surface area contributed by atoms with E-state index in [-0.39, 0.29) is 11.5 Å². The summed E-state index contributed by atoms with van der Waals surface area (Å²) in [6.45, 7) is 1.37. The minimum Gasteiger partial charge on any atom is -0.481 e. The first-order valence-corrected chi connectivity index (χ1v) is 11.6. The fraction of sp³-hybridized carbons (Fsp3) is 0.179. The second-order valence-electron chi connectivity index (χ2n) is 9.19. The Morgan fingerprint density at radius 3 is 2.38 bits per heavy atom. The zero-order valence-corrected chi connectivity index (χ0v) is 18.4. The first kappa shape index (κ1) is 19.3. The molecule has 1 aliphatic heterocycles. The van der Waals surface area contributed by atoms with Crippen LogP contribution in [0.25, 0.3) is 49.0 Å². The van der Waals surface area contributed by atoms with Gasteiger partial charge < -0.3 is 10.0 Å². The smallest absolute Gasteiger partial charge is 0.306 e. The predicted molar refractivity (Wildman–Crippen MR) is 135 cm³/mol. The Balaban J connectivity index is 1.55. The molecule has 6 nitrogen and oxygen atoms in total. The Kier molecular flexibility index (Phi) is 3.92. The average Bonchev–Trinajstić information content (AvgIpc) is 2.87. The van der Waals surface area contributed by atoms with Gasteiger partial charge in [-0.1, -0.05) is 42.5 Å². The lowest BCUT2D eigenvalue weighted by Gasteiger charge is -2.33. The van der Waals surface area contributed by atoms with Crippen LogP contribution >= 0.6 is 0 Å². The van der Waals surface area contributed by atoms with Gasteiger partial charge >= 0.3 is 5.97 Å². The second-order valence-corrected chi connectivity index (χ2v) is 9.19. The molecule has 7 rings (SSSR count). The molecule has 0 radical (unpaired) electrons. The summed E-state index contributed by atoms with van der Waals surface area (Å²) in [4.78, 5) is 32.5. The number of aliphatic carboxylic acids is 1. The highest BCUT2D eigenvalue weighted by molar-refractivity contribution is 6.19. The van der Waals surface area contributed by atoms with Gasteiger partial charge in [0.15, 0.2) is 0 Å². The molecule has 0 aliphatic carbocycles. The standard InChI is InChI=1S/C28H21N3O3/c32-27-20-10-11-22(30-14-12-17(13-15-30)28(33)34)18-6-3-7-19(25(18)20)26-29-21-8-1-4-16-5-2-9-23(24(16)21)31(26)27/h1-11,17H,12-15H2,(H,33,34). The van der Waals surface area contributed by atoms with Crippen molar-refractivity contribution < 1.29 is 9.90 Å². The minimum atomic E-state index is -0.715. The molecule has 1 fully saturated rings. The predicted octanol–water partition coefficient (Wildman–Crippen LogP) is 5.05. The zero-order valence-electron chi connectivity index (χ0n) is 18.4. The molecule has 1 saturated heterocycles. The summed E-state index contributed by atoms with van der Waals surface area (Å²) in [6.07, 6.45) is 1.25. The normalized spacial score (nSPS) is 15.4. The van der Waals surface area contributed by atoms with Crippen molar-refractivity contribution in [3.8, 4) is 0 Å². The number of carboxylic acids is 1. The van der Waals surface area contributed by atoms with Gasteiger partial charge in [0.05, 0.1) is 17.0 Å². The Labute approximate surface area is 194 Å². The third kappa shape index (κ3) is 2.53. The fourth-order valence-electron chi connectivity index (χ4n) is 5.77. The molecule has 2 aromatic heterocycles. The van der Waals surface area contributed by atoms with Crippen molar-refractivity contribution in [3.63, 3.8) is 0 Å². The van der Waals surface area contributed by atoms with Gasteiger partial charge in [-0.25, -0.2) is 4.98 Å². The summed E-state index contributed by atoms with van der Waals surface area (Å²) < 4.78 is 1.75. The van der Waals surface area contributed by atoms with Crippen LogP contribution in [0.5, 0.6) is 0 Å². The lowest BCUT2D eigenvalue weighted by molar-refractivity contribution is -0.142. The number of benzene rings is 4. The average molecular weight is 447 g/mol. The molecular formula is C28H21N3O3. The molecule has 4 aromatic carbocycles. The molecule has 1 aliphatic rings. The molecular weight excluding hydrogens is 426 g/mol. The summed E-state index contributed by atoms with van der Waals surface area (Å²) in [5, 5.41) is 15.0. The molecule has 0 spiro atoms. The van der Waals surface area contributed by atoms with Crippen LogP contribution < -0.4 is 10.5 Å². The van der Waals surface area contributed by atoms with E-state index in [0.29, 0.717) is 37.0 Å². The summed E-state index contributed by atoms with van der Waals surface area (Å²) in [5.74, 6) is -1.00. The van der Waals surface area contributed by atoms with E-state index >= 15 is 0 Å². The Morgan fingerprint density at radius 1 is 0.853 bits per heavy atom.